The summed E-state index contributed by atoms with van der Waals surface area (Å²) >= 11 is 0. The quantitative estimate of drug-likeness (QED) is 0.388. The van der Waals surface area contributed by atoms with E-state index in [2.05, 4.69) is 33.1 Å². The largest absolute Gasteiger partial charge is 0.358 e. The molecule has 8 nitrogen and oxygen atoms in total. The van der Waals surface area contributed by atoms with Crippen LogP contribution in [0.2, 0.25) is 0 Å². The first-order valence-corrected chi connectivity index (χ1v) is 9.76. The van der Waals surface area contributed by atoms with Crippen molar-refractivity contribution >= 4 is 17.9 Å². The minimum atomic E-state index is -0.242. The molecular weight excluding hydrogens is 380 g/mol. The summed E-state index contributed by atoms with van der Waals surface area (Å²) in [5.74, 6) is -0.438. The zero-order valence-electron chi connectivity index (χ0n) is 17.5. The molecule has 1 aromatic heterocycles. The summed E-state index contributed by atoms with van der Waals surface area (Å²) in [5, 5.41) is 26.2. The van der Waals surface area contributed by atoms with Gasteiger partial charge in [-0.1, -0.05) is 12.2 Å². The lowest BCUT2D eigenvalue weighted by Crippen LogP contribution is -2.32. The number of hydrogen-bond acceptors (Lipinski definition) is 5. The molecule has 0 bridgehead atoms. The van der Waals surface area contributed by atoms with Crippen LogP contribution in [-0.2, 0) is 4.79 Å². The van der Waals surface area contributed by atoms with Crippen molar-refractivity contribution in [2.75, 3.05) is 19.6 Å². The topological polar surface area (TPSA) is 134 Å². The predicted molar refractivity (Wildman–Crippen MR) is 114 cm³/mol. The lowest BCUT2D eigenvalue weighted by molar-refractivity contribution is -0.115. The summed E-state index contributed by atoms with van der Waals surface area (Å²) in [6.07, 6.45) is 5.85. The summed E-state index contributed by atoms with van der Waals surface area (Å²) in [7, 11) is 0. The number of allylic oxidation sites excluding steroid dienone is 3. The van der Waals surface area contributed by atoms with E-state index >= 15 is 0 Å². The third kappa shape index (κ3) is 5.25. The molecule has 0 spiro atoms. The van der Waals surface area contributed by atoms with Crippen molar-refractivity contribution in [2.24, 2.45) is 0 Å². The Labute approximate surface area is 176 Å². The van der Waals surface area contributed by atoms with Crippen molar-refractivity contribution in [3.63, 3.8) is 0 Å². The molecule has 1 fully saturated rings. The summed E-state index contributed by atoms with van der Waals surface area (Å²) in [4.78, 5) is 28.3. The molecule has 0 aliphatic carbocycles. The number of carbonyl (C=O) groups excluding carboxylic acids is 2. The molecule has 1 saturated heterocycles. The van der Waals surface area contributed by atoms with Gasteiger partial charge >= 0.3 is 0 Å². The summed E-state index contributed by atoms with van der Waals surface area (Å²) in [6, 6.07) is 4.12. The SMILES string of the molecule is C/C=C1/NC(=O)C(=C\c2[nH]c(C)c(C(=O)NCCNCCC#N)c2C)/C1=C/CC#N. The molecule has 2 amide bonds. The highest BCUT2D eigenvalue weighted by molar-refractivity contribution is 6.09. The number of H-pyrrole nitrogens is 1. The Morgan fingerprint density at radius 3 is 2.57 bits per heavy atom. The number of nitrogens with zero attached hydrogens (tertiary/aromatic N) is 2. The number of aromatic amines is 1. The number of rotatable bonds is 8. The van der Waals surface area contributed by atoms with E-state index in [4.69, 9.17) is 10.5 Å². The van der Waals surface area contributed by atoms with Gasteiger partial charge in [0, 0.05) is 48.7 Å². The minimum Gasteiger partial charge on any atom is -0.358 e. The van der Waals surface area contributed by atoms with Gasteiger partial charge in [-0.15, -0.1) is 0 Å². The minimum absolute atomic E-state index is 0.192. The fraction of sp³-hybridized carbons (Fsp3) is 0.364. The number of nitriles is 2. The molecular formula is C22H26N6O2. The van der Waals surface area contributed by atoms with Gasteiger partial charge in [0.2, 0.25) is 0 Å². The van der Waals surface area contributed by atoms with Crippen LogP contribution >= 0.6 is 0 Å². The van der Waals surface area contributed by atoms with E-state index in [1.807, 2.05) is 20.8 Å². The van der Waals surface area contributed by atoms with E-state index in [0.717, 1.165) is 5.56 Å². The van der Waals surface area contributed by atoms with E-state index in [1.165, 1.54) is 0 Å². The zero-order valence-corrected chi connectivity index (χ0v) is 17.5. The Kier molecular flexibility index (Phi) is 8.16. The molecule has 0 saturated carbocycles. The lowest BCUT2D eigenvalue weighted by Gasteiger charge is -2.06. The van der Waals surface area contributed by atoms with Crippen LogP contribution < -0.4 is 16.0 Å². The first-order valence-electron chi connectivity index (χ1n) is 9.76. The smallest absolute Gasteiger partial charge is 0.256 e. The molecule has 8 heteroatoms. The number of carbonyl (C=O) groups is 2. The van der Waals surface area contributed by atoms with Gasteiger partial charge < -0.3 is 20.9 Å². The molecule has 0 atom stereocenters. The Hall–Kier alpha value is -3.62. The van der Waals surface area contributed by atoms with Gasteiger partial charge in [0.1, 0.15) is 0 Å². The standard InChI is InChI=1S/C22H26N6O2/c1-4-18-16(7-5-8-23)17(21(29)28-18)13-19-14(2)20(15(3)27-19)22(30)26-12-11-25-10-6-9-24/h4,7,13,25,27H,5-6,10-12H2,1-3H3,(H,26,30)(H,28,29)/b16-7-,17-13-,18-4+. The van der Waals surface area contributed by atoms with Crippen molar-refractivity contribution in [1.82, 2.24) is 20.9 Å². The molecule has 2 rings (SSSR count). The Morgan fingerprint density at radius 2 is 1.90 bits per heavy atom. The van der Waals surface area contributed by atoms with Crippen molar-refractivity contribution in [2.45, 2.75) is 33.6 Å². The average Bonchev–Trinajstić information content (AvgIpc) is 3.18. The van der Waals surface area contributed by atoms with Crippen LogP contribution in [0.1, 0.15) is 47.1 Å². The van der Waals surface area contributed by atoms with E-state index in [0.29, 0.717) is 59.8 Å². The normalized spacial score (nSPS) is 17.2. The number of nitrogens with one attached hydrogen (secondary N) is 4. The number of aromatic nitrogens is 1. The maximum Gasteiger partial charge on any atom is 0.256 e. The Bertz CT molecular complexity index is 998. The Balaban J connectivity index is 2.22. The van der Waals surface area contributed by atoms with Gasteiger partial charge in [-0.3, -0.25) is 9.59 Å². The molecule has 1 aliphatic rings. The predicted octanol–water partition coefficient (Wildman–Crippen LogP) is 2.12. The van der Waals surface area contributed by atoms with Crippen LogP contribution in [0.15, 0.2) is 29.0 Å². The van der Waals surface area contributed by atoms with E-state index in [9.17, 15) is 9.59 Å². The van der Waals surface area contributed by atoms with Gasteiger partial charge in [0.05, 0.1) is 29.7 Å². The molecule has 0 aromatic carbocycles. The number of aryl methyl sites for hydroxylation is 1. The highest BCUT2D eigenvalue weighted by Gasteiger charge is 2.27. The van der Waals surface area contributed by atoms with Crippen LogP contribution in [0.3, 0.4) is 0 Å². The summed E-state index contributed by atoms with van der Waals surface area (Å²) in [5.41, 5.74) is 4.49. The summed E-state index contributed by atoms with van der Waals surface area (Å²) < 4.78 is 0. The van der Waals surface area contributed by atoms with Crippen molar-refractivity contribution in [3.05, 3.63) is 51.5 Å². The summed E-state index contributed by atoms with van der Waals surface area (Å²) in [6.45, 7) is 7.07. The van der Waals surface area contributed by atoms with E-state index in [1.54, 1.807) is 18.2 Å². The average molecular weight is 406 g/mol. The van der Waals surface area contributed by atoms with Gasteiger partial charge in [0.15, 0.2) is 0 Å². The van der Waals surface area contributed by atoms with E-state index < -0.39 is 0 Å². The molecule has 0 radical (unpaired) electrons. The fourth-order valence-electron chi connectivity index (χ4n) is 3.29. The highest BCUT2D eigenvalue weighted by atomic mass is 16.2. The molecule has 4 N–H and O–H groups in total. The van der Waals surface area contributed by atoms with Gasteiger partial charge in [-0.2, -0.15) is 10.5 Å². The van der Waals surface area contributed by atoms with Crippen LogP contribution in [-0.4, -0.2) is 36.4 Å². The third-order valence-corrected chi connectivity index (χ3v) is 4.75. The third-order valence-electron chi connectivity index (χ3n) is 4.75. The maximum absolute atomic E-state index is 12.6. The molecule has 156 valence electrons. The van der Waals surface area contributed by atoms with E-state index in [-0.39, 0.29) is 18.2 Å². The monoisotopic (exact) mass is 406 g/mol. The second-order valence-corrected chi connectivity index (χ2v) is 6.77. The van der Waals surface area contributed by atoms with Crippen LogP contribution in [0.25, 0.3) is 6.08 Å². The Morgan fingerprint density at radius 1 is 1.13 bits per heavy atom. The molecule has 2 heterocycles. The first-order chi connectivity index (χ1) is 14.4. The maximum atomic E-state index is 12.6. The second kappa shape index (κ2) is 10.8. The molecule has 1 aromatic rings. The van der Waals surface area contributed by atoms with Gasteiger partial charge in [-0.05, 0) is 32.4 Å². The molecule has 0 unspecified atom stereocenters. The van der Waals surface area contributed by atoms with Crippen LogP contribution in [0.4, 0.5) is 0 Å². The van der Waals surface area contributed by atoms with Crippen LogP contribution in [0.5, 0.6) is 0 Å². The number of amides is 2. The van der Waals surface area contributed by atoms with Crippen molar-refractivity contribution < 1.29 is 9.59 Å². The lowest BCUT2D eigenvalue weighted by atomic mass is 10.0. The zero-order chi connectivity index (χ0) is 22.1. The first kappa shape index (κ1) is 22.7. The molecule has 1 aliphatic heterocycles. The second-order valence-electron chi connectivity index (χ2n) is 6.77. The highest BCUT2D eigenvalue weighted by Crippen LogP contribution is 2.29. The van der Waals surface area contributed by atoms with Crippen LogP contribution in [0, 0.1) is 36.5 Å². The fourth-order valence-corrected chi connectivity index (χ4v) is 3.29. The van der Waals surface area contributed by atoms with Gasteiger partial charge in [0.25, 0.3) is 11.8 Å². The molecule has 30 heavy (non-hydrogen) atoms. The van der Waals surface area contributed by atoms with Gasteiger partial charge in [-0.25, -0.2) is 0 Å². The van der Waals surface area contributed by atoms with Crippen molar-refractivity contribution in [1.29, 1.82) is 10.5 Å². The van der Waals surface area contributed by atoms with Crippen molar-refractivity contribution in [3.8, 4) is 12.1 Å². The number of hydrogen-bond donors (Lipinski definition) is 4.